The molecule has 0 amide bonds. The number of benzene rings is 1. The Morgan fingerprint density at radius 3 is 3.04 bits per heavy atom. The van der Waals surface area contributed by atoms with Crippen molar-refractivity contribution in [1.82, 2.24) is 0 Å². The van der Waals surface area contributed by atoms with Gasteiger partial charge in [0.2, 0.25) is 0 Å². The molecule has 124 valence electrons. The van der Waals surface area contributed by atoms with E-state index in [0.717, 1.165) is 12.0 Å². The second kappa shape index (κ2) is 4.16. The number of rotatable bonds is 0. The van der Waals surface area contributed by atoms with Crippen LogP contribution >= 0.6 is 0 Å². The summed E-state index contributed by atoms with van der Waals surface area (Å²) in [6.07, 6.45) is 9.04. The van der Waals surface area contributed by atoms with Crippen molar-refractivity contribution >= 4 is 5.69 Å². The fourth-order valence-corrected chi connectivity index (χ4v) is 7.37. The molecule has 1 aromatic rings. The number of piperidine rings is 1. The van der Waals surface area contributed by atoms with Crippen molar-refractivity contribution in [3.63, 3.8) is 0 Å². The molecule has 0 radical (unpaired) electrons. The van der Waals surface area contributed by atoms with E-state index < -0.39 is 0 Å². The molecule has 5 atom stereocenters. The number of quaternary nitrogens is 1. The highest BCUT2D eigenvalue weighted by Crippen LogP contribution is 2.65. The molecule has 24 heavy (non-hydrogen) atoms. The average Bonchev–Trinajstić information content (AvgIpc) is 3.11. The van der Waals surface area contributed by atoms with E-state index in [0.29, 0.717) is 11.5 Å². The third-order valence-corrected chi connectivity index (χ3v) is 8.19. The summed E-state index contributed by atoms with van der Waals surface area (Å²) in [5, 5.41) is 0. The van der Waals surface area contributed by atoms with E-state index in [9.17, 15) is 0 Å². The number of para-hydroxylation sites is 1. The van der Waals surface area contributed by atoms with E-state index in [2.05, 4.69) is 55.3 Å². The number of allylic oxidation sites excluding steroid dienone is 1. The Morgan fingerprint density at radius 2 is 2.17 bits per heavy atom. The van der Waals surface area contributed by atoms with Gasteiger partial charge in [-0.05, 0) is 36.1 Å². The van der Waals surface area contributed by atoms with Crippen molar-refractivity contribution in [2.45, 2.75) is 43.7 Å². The average molecular weight is 319 g/mol. The van der Waals surface area contributed by atoms with Gasteiger partial charge in [-0.15, -0.1) is 0 Å². The van der Waals surface area contributed by atoms with Gasteiger partial charge < -0.3 is 9.38 Å². The minimum Gasteiger partial charge on any atom is -0.363 e. The third-order valence-electron chi connectivity index (χ3n) is 8.19. The van der Waals surface area contributed by atoms with E-state index in [4.69, 9.17) is 0 Å². The molecule has 6 rings (SSSR count). The Balaban J connectivity index is 1.67. The van der Waals surface area contributed by atoms with Crippen molar-refractivity contribution in [2.24, 2.45) is 5.92 Å². The van der Waals surface area contributed by atoms with E-state index in [1.165, 1.54) is 43.4 Å². The normalized spacial score (nSPS) is 45.9. The molecule has 0 N–H and O–H groups in total. The second-order valence-electron chi connectivity index (χ2n) is 8.93. The number of nitrogens with zero attached hydrogens (tertiary/aromatic N) is 2. The summed E-state index contributed by atoms with van der Waals surface area (Å²) in [6, 6.07) is 10.8. The maximum atomic E-state index is 2.79. The first-order valence-corrected chi connectivity index (χ1v) is 9.74. The standard InChI is InChI=1S/C22H27N2/c1-3-15-14-24(2)12-10-22-18-8-4-5-9-19(18)23-11-6-7-16(21(22)23)17(15)13-20(22)24/h3-5,7-9,17,20-21H,6,10-14H2,1-2H3/q+1/b15-3+/t17-,20-,21-,22+,24?/m0/s1. The zero-order valence-electron chi connectivity index (χ0n) is 14.8. The largest absolute Gasteiger partial charge is 0.363 e. The minimum absolute atomic E-state index is 0.382. The molecule has 2 heteroatoms. The van der Waals surface area contributed by atoms with Crippen LogP contribution in [0.25, 0.3) is 0 Å². The zero-order chi connectivity index (χ0) is 16.1. The van der Waals surface area contributed by atoms with Crippen LogP contribution in [0.1, 0.15) is 31.7 Å². The van der Waals surface area contributed by atoms with E-state index in [-0.39, 0.29) is 0 Å². The predicted molar refractivity (Wildman–Crippen MR) is 98.1 cm³/mol. The third kappa shape index (κ3) is 1.29. The summed E-state index contributed by atoms with van der Waals surface area (Å²) < 4.78 is 1.28. The maximum absolute atomic E-state index is 2.79. The van der Waals surface area contributed by atoms with E-state index in [1.54, 1.807) is 22.4 Å². The Kier molecular flexibility index (Phi) is 2.38. The molecule has 3 fully saturated rings. The van der Waals surface area contributed by atoms with Crippen LogP contribution in [-0.4, -0.2) is 43.2 Å². The van der Waals surface area contributed by atoms with E-state index in [1.807, 2.05) is 0 Å². The van der Waals surface area contributed by atoms with Crippen molar-refractivity contribution < 1.29 is 4.48 Å². The molecule has 1 aromatic carbocycles. The topological polar surface area (TPSA) is 3.24 Å². The first-order valence-electron chi connectivity index (χ1n) is 9.74. The van der Waals surface area contributed by atoms with Crippen LogP contribution in [0.15, 0.2) is 47.6 Å². The highest BCUT2D eigenvalue weighted by Gasteiger charge is 2.71. The molecule has 2 saturated heterocycles. The number of fused-ring (bicyclic) bond motifs is 4. The van der Waals surface area contributed by atoms with Gasteiger partial charge in [-0.2, -0.15) is 0 Å². The number of likely N-dealkylation sites (N-methyl/N-ethyl adjacent to an activating group) is 1. The molecule has 4 aliphatic heterocycles. The van der Waals surface area contributed by atoms with Gasteiger partial charge in [0, 0.05) is 31.0 Å². The van der Waals surface area contributed by atoms with Gasteiger partial charge in [-0.25, -0.2) is 0 Å². The molecule has 1 aliphatic carbocycles. The molecule has 1 saturated carbocycles. The van der Waals surface area contributed by atoms with Gasteiger partial charge in [0.05, 0.1) is 25.0 Å². The Morgan fingerprint density at radius 1 is 1.29 bits per heavy atom. The summed E-state index contributed by atoms with van der Waals surface area (Å²) >= 11 is 0. The minimum atomic E-state index is 0.382. The second-order valence-corrected chi connectivity index (χ2v) is 8.93. The Bertz CT molecular complexity index is 806. The fraction of sp³-hybridized carbons (Fsp3) is 0.545. The molecule has 5 aliphatic rings. The molecule has 1 spiro atoms. The van der Waals surface area contributed by atoms with Gasteiger partial charge in [-0.3, -0.25) is 0 Å². The van der Waals surface area contributed by atoms with Crippen molar-refractivity contribution in [3.05, 3.63) is 53.1 Å². The molecule has 1 unspecified atom stereocenters. The fourth-order valence-electron chi connectivity index (χ4n) is 7.37. The van der Waals surface area contributed by atoms with Crippen LogP contribution in [0.5, 0.6) is 0 Å². The van der Waals surface area contributed by atoms with Crippen LogP contribution in [0.2, 0.25) is 0 Å². The van der Waals surface area contributed by atoms with Gasteiger partial charge >= 0.3 is 0 Å². The first-order chi connectivity index (χ1) is 11.7. The lowest BCUT2D eigenvalue weighted by atomic mass is 9.57. The van der Waals surface area contributed by atoms with Crippen molar-refractivity contribution in [2.75, 3.05) is 31.6 Å². The lowest BCUT2D eigenvalue weighted by Crippen LogP contribution is -2.67. The molecule has 2 bridgehead atoms. The van der Waals surface area contributed by atoms with Gasteiger partial charge in [-0.1, -0.05) is 30.4 Å². The number of hydrogen-bond acceptors (Lipinski definition) is 1. The monoisotopic (exact) mass is 319 g/mol. The van der Waals surface area contributed by atoms with Crippen LogP contribution < -0.4 is 4.90 Å². The van der Waals surface area contributed by atoms with Crippen LogP contribution in [0.4, 0.5) is 5.69 Å². The molecular formula is C22H27N2+. The SMILES string of the molecule is C/C=C1\C[N+]2(C)CC[C@@]34c5ccccc5N5CCC=C([C@H]1C[C@@H]32)[C@H]54. The van der Waals surface area contributed by atoms with Gasteiger partial charge in [0.15, 0.2) is 0 Å². The zero-order valence-corrected chi connectivity index (χ0v) is 14.8. The Labute approximate surface area is 145 Å². The molecule has 2 nitrogen and oxygen atoms in total. The Hall–Kier alpha value is -1.54. The van der Waals surface area contributed by atoms with Gasteiger partial charge in [0.1, 0.15) is 12.6 Å². The summed E-state index contributed by atoms with van der Waals surface area (Å²) in [6.45, 7) is 6.10. The first kappa shape index (κ1) is 13.7. The molecular weight excluding hydrogens is 292 g/mol. The maximum Gasteiger partial charge on any atom is 0.102 e. The van der Waals surface area contributed by atoms with Crippen LogP contribution in [-0.2, 0) is 5.41 Å². The quantitative estimate of drug-likeness (QED) is 0.521. The van der Waals surface area contributed by atoms with Crippen molar-refractivity contribution in [1.29, 1.82) is 0 Å². The molecule has 0 aromatic heterocycles. The lowest BCUT2D eigenvalue weighted by molar-refractivity contribution is -0.924. The van der Waals surface area contributed by atoms with E-state index >= 15 is 0 Å². The highest BCUT2D eigenvalue weighted by molar-refractivity contribution is 5.70. The lowest BCUT2D eigenvalue weighted by Gasteiger charge is -2.56. The summed E-state index contributed by atoms with van der Waals surface area (Å²) in [5.74, 6) is 0.722. The highest BCUT2D eigenvalue weighted by atomic mass is 15.4. The smallest absolute Gasteiger partial charge is 0.102 e. The molecule has 4 heterocycles. The summed E-state index contributed by atoms with van der Waals surface area (Å²) in [4.78, 5) is 2.79. The summed E-state index contributed by atoms with van der Waals surface area (Å²) in [7, 11) is 2.54. The van der Waals surface area contributed by atoms with Crippen LogP contribution in [0, 0.1) is 5.92 Å². The number of anilines is 1. The van der Waals surface area contributed by atoms with Crippen molar-refractivity contribution in [3.8, 4) is 0 Å². The van der Waals surface area contributed by atoms with Crippen LogP contribution in [0.3, 0.4) is 0 Å². The summed E-state index contributed by atoms with van der Waals surface area (Å²) in [5.41, 5.74) is 7.10. The predicted octanol–water partition coefficient (Wildman–Crippen LogP) is 3.64. The number of hydrogen-bond donors (Lipinski definition) is 0. The van der Waals surface area contributed by atoms with Gasteiger partial charge in [0.25, 0.3) is 0 Å².